The molecular formula is C16H21FN2O4. The van der Waals surface area contributed by atoms with E-state index in [2.05, 4.69) is 5.32 Å². The molecule has 0 aromatic heterocycles. The van der Waals surface area contributed by atoms with Gasteiger partial charge in [-0.2, -0.15) is 0 Å². The minimum absolute atomic E-state index is 0.109. The Kier molecular flexibility index (Phi) is 5.41. The minimum Gasteiger partial charge on any atom is -0.489 e. The second kappa shape index (κ2) is 7.30. The third-order valence-electron chi connectivity index (χ3n) is 3.68. The van der Waals surface area contributed by atoms with Crippen LogP contribution in [0.5, 0.6) is 5.75 Å². The maximum Gasteiger partial charge on any atom is 0.321 e. The third kappa shape index (κ3) is 4.58. The monoisotopic (exact) mass is 324 g/mol. The van der Waals surface area contributed by atoms with Crippen LogP contribution >= 0.6 is 0 Å². The Labute approximate surface area is 134 Å². The van der Waals surface area contributed by atoms with Crippen molar-refractivity contribution in [1.82, 2.24) is 4.90 Å². The van der Waals surface area contributed by atoms with Gasteiger partial charge in [-0.05, 0) is 38.8 Å². The van der Waals surface area contributed by atoms with E-state index in [1.165, 1.54) is 23.1 Å². The molecule has 0 aliphatic carbocycles. The molecule has 7 heteroatoms. The largest absolute Gasteiger partial charge is 0.489 e. The number of carbonyl (C=O) groups is 2. The summed E-state index contributed by atoms with van der Waals surface area (Å²) in [6.45, 7) is 4.40. The van der Waals surface area contributed by atoms with Crippen molar-refractivity contribution in [2.24, 2.45) is 5.92 Å². The highest BCUT2D eigenvalue weighted by Crippen LogP contribution is 2.27. The quantitative estimate of drug-likeness (QED) is 0.892. The first-order chi connectivity index (χ1) is 10.9. The van der Waals surface area contributed by atoms with Crippen LogP contribution in [0.25, 0.3) is 0 Å². The van der Waals surface area contributed by atoms with Crippen LogP contribution in [-0.2, 0) is 4.79 Å². The predicted octanol–water partition coefficient (Wildman–Crippen LogP) is 2.94. The number of likely N-dealkylation sites (tertiary alicyclic amines) is 1. The number of nitrogens with one attached hydrogen (secondary N) is 1. The summed E-state index contributed by atoms with van der Waals surface area (Å²) in [6, 6.07) is 3.57. The highest BCUT2D eigenvalue weighted by atomic mass is 19.1. The summed E-state index contributed by atoms with van der Waals surface area (Å²) in [6.07, 6.45) is 0.727. The Morgan fingerprint density at radius 1 is 1.35 bits per heavy atom. The summed E-state index contributed by atoms with van der Waals surface area (Å²) in [5.74, 6) is -1.31. The van der Waals surface area contributed by atoms with E-state index >= 15 is 0 Å². The van der Waals surface area contributed by atoms with Crippen LogP contribution < -0.4 is 10.1 Å². The first kappa shape index (κ1) is 17.1. The van der Waals surface area contributed by atoms with Crippen LogP contribution in [0.4, 0.5) is 14.9 Å². The first-order valence-electron chi connectivity index (χ1n) is 7.61. The van der Waals surface area contributed by atoms with Crippen molar-refractivity contribution in [3.63, 3.8) is 0 Å². The lowest BCUT2D eigenvalue weighted by molar-refractivity contribution is -0.143. The van der Waals surface area contributed by atoms with E-state index in [9.17, 15) is 14.0 Å². The Balaban J connectivity index is 2.03. The van der Waals surface area contributed by atoms with Gasteiger partial charge >= 0.3 is 12.0 Å². The van der Waals surface area contributed by atoms with Crippen LogP contribution in [0.1, 0.15) is 26.7 Å². The molecule has 0 bridgehead atoms. The summed E-state index contributed by atoms with van der Waals surface area (Å²) >= 11 is 0. The maximum atomic E-state index is 13.4. The average molecular weight is 324 g/mol. The molecule has 1 saturated heterocycles. The number of benzene rings is 1. The zero-order valence-electron chi connectivity index (χ0n) is 13.2. The van der Waals surface area contributed by atoms with Crippen molar-refractivity contribution in [3.8, 4) is 5.75 Å². The van der Waals surface area contributed by atoms with Gasteiger partial charge in [-0.25, -0.2) is 9.18 Å². The number of piperidine rings is 1. The Bertz CT molecular complexity index is 583. The van der Waals surface area contributed by atoms with Gasteiger partial charge in [0.05, 0.1) is 17.7 Å². The van der Waals surface area contributed by atoms with E-state index in [-0.39, 0.29) is 17.8 Å². The highest BCUT2D eigenvalue weighted by Gasteiger charge is 2.27. The van der Waals surface area contributed by atoms with Gasteiger partial charge in [-0.3, -0.25) is 4.79 Å². The van der Waals surface area contributed by atoms with Gasteiger partial charge in [0.2, 0.25) is 0 Å². The number of carbonyl (C=O) groups excluding carboxylic acids is 1. The summed E-state index contributed by atoms with van der Waals surface area (Å²) in [5, 5.41) is 11.6. The number of aliphatic carboxylic acids is 1. The molecule has 0 saturated carbocycles. The summed E-state index contributed by atoms with van der Waals surface area (Å²) < 4.78 is 19.0. The number of urea groups is 1. The molecule has 1 aliphatic heterocycles. The second-order valence-electron chi connectivity index (χ2n) is 5.84. The van der Waals surface area contributed by atoms with Crippen molar-refractivity contribution >= 4 is 17.7 Å². The van der Waals surface area contributed by atoms with Gasteiger partial charge in [-0.15, -0.1) is 0 Å². The Hall–Kier alpha value is -2.31. The van der Waals surface area contributed by atoms with E-state index in [4.69, 9.17) is 9.84 Å². The van der Waals surface area contributed by atoms with E-state index in [0.29, 0.717) is 31.7 Å². The normalized spacial score (nSPS) is 15.6. The number of amides is 2. The molecule has 2 amide bonds. The zero-order chi connectivity index (χ0) is 17.0. The topological polar surface area (TPSA) is 78.9 Å². The molecule has 1 aromatic carbocycles. The van der Waals surface area contributed by atoms with E-state index in [1.54, 1.807) is 0 Å². The smallest absolute Gasteiger partial charge is 0.321 e. The van der Waals surface area contributed by atoms with Gasteiger partial charge in [0.15, 0.2) is 0 Å². The van der Waals surface area contributed by atoms with Crippen LogP contribution in [0.3, 0.4) is 0 Å². The van der Waals surface area contributed by atoms with Crippen molar-refractivity contribution in [2.75, 3.05) is 18.4 Å². The lowest BCUT2D eigenvalue weighted by Gasteiger charge is -2.30. The predicted molar refractivity (Wildman–Crippen MR) is 83.1 cm³/mol. The lowest BCUT2D eigenvalue weighted by Crippen LogP contribution is -2.42. The number of hydrogen-bond acceptors (Lipinski definition) is 3. The number of carboxylic acids is 1. The molecule has 1 aromatic rings. The lowest BCUT2D eigenvalue weighted by atomic mass is 9.97. The van der Waals surface area contributed by atoms with Gasteiger partial charge in [0.25, 0.3) is 0 Å². The SMILES string of the molecule is CC(C)Oc1ccc(F)cc1NC(=O)N1CCC(C(=O)O)CC1. The fraction of sp³-hybridized carbons (Fsp3) is 0.500. The molecule has 1 fully saturated rings. The zero-order valence-corrected chi connectivity index (χ0v) is 13.2. The number of rotatable bonds is 4. The van der Waals surface area contributed by atoms with Crippen LogP contribution in [0.2, 0.25) is 0 Å². The number of nitrogens with zero attached hydrogens (tertiary/aromatic N) is 1. The van der Waals surface area contributed by atoms with Crippen LogP contribution in [0, 0.1) is 11.7 Å². The fourth-order valence-corrected chi connectivity index (χ4v) is 2.48. The van der Waals surface area contributed by atoms with Crippen molar-refractivity contribution < 1.29 is 23.8 Å². The van der Waals surface area contributed by atoms with Gasteiger partial charge in [0.1, 0.15) is 11.6 Å². The summed E-state index contributed by atoms with van der Waals surface area (Å²) in [7, 11) is 0. The molecule has 1 heterocycles. The molecule has 0 spiro atoms. The van der Waals surface area contributed by atoms with Crippen LogP contribution in [0.15, 0.2) is 18.2 Å². The summed E-state index contributed by atoms with van der Waals surface area (Å²) in [5.41, 5.74) is 0.268. The molecule has 1 aliphatic rings. The Morgan fingerprint density at radius 3 is 2.57 bits per heavy atom. The minimum atomic E-state index is -0.831. The number of carboxylic acid groups (broad SMARTS) is 1. The average Bonchev–Trinajstić information content (AvgIpc) is 2.49. The molecule has 0 atom stereocenters. The molecule has 0 radical (unpaired) electrons. The fourth-order valence-electron chi connectivity index (χ4n) is 2.48. The highest BCUT2D eigenvalue weighted by molar-refractivity contribution is 5.91. The summed E-state index contributed by atoms with van der Waals surface area (Å²) in [4.78, 5) is 24.7. The molecule has 2 N–H and O–H groups in total. The van der Waals surface area contributed by atoms with Gasteiger partial charge in [-0.1, -0.05) is 0 Å². The van der Waals surface area contributed by atoms with Crippen molar-refractivity contribution in [1.29, 1.82) is 0 Å². The van der Waals surface area contributed by atoms with Crippen molar-refractivity contribution in [3.05, 3.63) is 24.0 Å². The third-order valence-corrected chi connectivity index (χ3v) is 3.68. The number of halogens is 1. The molecule has 6 nitrogen and oxygen atoms in total. The number of ether oxygens (including phenoxy) is 1. The molecule has 2 rings (SSSR count). The van der Waals surface area contributed by atoms with Gasteiger partial charge < -0.3 is 20.1 Å². The first-order valence-corrected chi connectivity index (χ1v) is 7.61. The number of hydrogen-bond donors (Lipinski definition) is 2. The van der Waals surface area contributed by atoms with Gasteiger partial charge in [0, 0.05) is 19.2 Å². The molecule has 23 heavy (non-hydrogen) atoms. The van der Waals surface area contributed by atoms with E-state index < -0.39 is 17.7 Å². The maximum absolute atomic E-state index is 13.4. The van der Waals surface area contributed by atoms with Crippen LogP contribution in [-0.4, -0.2) is 41.2 Å². The molecule has 0 unspecified atom stereocenters. The standard InChI is InChI=1S/C16H21FN2O4/c1-10(2)23-14-4-3-12(17)9-13(14)18-16(22)19-7-5-11(6-8-19)15(20)21/h3-4,9-11H,5-8H2,1-2H3,(H,18,22)(H,20,21). The molecular weight excluding hydrogens is 303 g/mol. The second-order valence-corrected chi connectivity index (χ2v) is 5.84. The number of anilines is 1. The molecule has 126 valence electrons. The van der Waals surface area contributed by atoms with Crippen molar-refractivity contribution in [2.45, 2.75) is 32.8 Å². The van der Waals surface area contributed by atoms with E-state index in [1.807, 2.05) is 13.8 Å². The Morgan fingerprint density at radius 2 is 2.00 bits per heavy atom. The van der Waals surface area contributed by atoms with E-state index in [0.717, 1.165) is 0 Å².